The summed E-state index contributed by atoms with van der Waals surface area (Å²) in [5, 5.41) is 1.37. The Hall–Kier alpha value is -0.390. The van der Waals surface area contributed by atoms with Crippen LogP contribution in [0.1, 0.15) is 37.8 Å². The minimum Gasteiger partial charge on any atom is -0.744 e. The number of hydrogen-bond donors (Lipinski definition) is 0. The molecule has 0 unspecified atom stereocenters. The number of benzene rings is 2. The topological polar surface area (TPSA) is 57.2 Å². The van der Waals surface area contributed by atoms with Gasteiger partial charge in [-0.3, -0.25) is 0 Å². The molecule has 0 aliphatic heterocycles. The van der Waals surface area contributed by atoms with Crippen LogP contribution in [0.5, 0.6) is 0 Å². The van der Waals surface area contributed by atoms with Crippen LogP contribution < -0.4 is 29.6 Å². The molecular weight excluding hydrogens is 295 g/mol. The molecular formula is C16H19NaO3S. The Kier molecular flexibility index (Phi) is 6.88. The SMILES string of the molecule is CCCc1ccc2ccc(CCC)c(S(=O)(=O)[O-])c2c1.[Na+]. The number of fused-ring (bicyclic) bond motifs is 1. The molecule has 0 aliphatic carbocycles. The van der Waals surface area contributed by atoms with E-state index in [2.05, 4.69) is 6.92 Å². The predicted octanol–water partition coefficient (Wildman–Crippen LogP) is 0.653. The van der Waals surface area contributed by atoms with Crippen molar-refractivity contribution in [2.24, 2.45) is 0 Å². The van der Waals surface area contributed by atoms with E-state index in [4.69, 9.17) is 0 Å². The van der Waals surface area contributed by atoms with Gasteiger partial charge in [-0.05, 0) is 40.8 Å². The van der Waals surface area contributed by atoms with Gasteiger partial charge in [0.2, 0.25) is 0 Å². The minimum absolute atomic E-state index is 0. The minimum atomic E-state index is -4.46. The summed E-state index contributed by atoms with van der Waals surface area (Å²) in [5.74, 6) is 0. The summed E-state index contributed by atoms with van der Waals surface area (Å²) in [6.07, 6.45) is 3.28. The zero-order valence-corrected chi connectivity index (χ0v) is 15.7. The second-order valence-electron chi connectivity index (χ2n) is 5.06. The fraction of sp³-hybridized carbons (Fsp3) is 0.375. The molecule has 21 heavy (non-hydrogen) atoms. The fourth-order valence-electron chi connectivity index (χ4n) is 2.59. The van der Waals surface area contributed by atoms with Crippen molar-refractivity contribution in [1.29, 1.82) is 0 Å². The number of rotatable bonds is 5. The average Bonchev–Trinajstić information content (AvgIpc) is 2.37. The Morgan fingerprint density at radius 3 is 2.19 bits per heavy atom. The van der Waals surface area contributed by atoms with Gasteiger partial charge in [0.1, 0.15) is 10.1 Å². The number of aryl methyl sites for hydroxylation is 2. The van der Waals surface area contributed by atoms with Crippen molar-refractivity contribution >= 4 is 20.9 Å². The molecule has 0 saturated heterocycles. The normalized spacial score (nSPS) is 11.4. The second-order valence-corrected chi connectivity index (χ2v) is 6.38. The van der Waals surface area contributed by atoms with Crippen molar-refractivity contribution in [1.82, 2.24) is 0 Å². The maximum Gasteiger partial charge on any atom is 1.00 e. The molecule has 3 nitrogen and oxygen atoms in total. The smallest absolute Gasteiger partial charge is 0.744 e. The van der Waals surface area contributed by atoms with Gasteiger partial charge in [0.15, 0.2) is 0 Å². The van der Waals surface area contributed by atoms with E-state index in [1.165, 1.54) is 0 Å². The molecule has 0 aliphatic rings. The summed E-state index contributed by atoms with van der Waals surface area (Å²) in [6, 6.07) is 9.39. The molecule has 2 rings (SSSR count). The molecule has 0 fully saturated rings. The largest absolute Gasteiger partial charge is 1.00 e. The first-order chi connectivity index (χ1) is 9.47. The van der Waals surface area contributed by atoms with Crippen LogP contribution in [0.2, 0.25) is 0 Å². The van der Waals surface area contributed by atoms with Gasteiger partial charge in [0, 0.05) is 0 Å². The van der Waals surface area contributed by atoms with Crippen molar-refractivity contribution in [3.05, 3.63) is 41.5 Å². The van der Waals surface area contributed by atoms with E-state index in [1.807, 2.05) is 31.2 Å². The van der Waals surface area contributed by atoms with Gasteiger partial charge in [-0.25, -0.2) is 8.42 Å². The molecule has 2 aromatic carbocycles. The third kappa shape index (κ3) is 4.30. The van der Waals surface area contributed by atoms with Gasteiger partial charge in [-0.1, -0.05) is 51.0 Å². The van der Waals surface area contributed by atoms with Crippen LogP contribution in [0.15, 0.2) is 35.2 Å². The van der Waals surface area contributed by atoms with Crippen LogP contribution in [0.3, 0.4) is 0 Å². The van der Waals surface area contributed by atoms with Crippen LogP contribution in [0, 0.1) is 0 Å². The second kappa shape index (κ2) is 7.75. The van der Waals surface area contributed by atoms with Crippen LogP contribution in [0.4, 0.5) is 0 Å². The fourth-order valence-corrected chi connectivity index (χ4v) is 3.53. The molecule has 0 aromatic heterocycles. The Morgan fingerprint density at radius 1 is 1.00 bits per heavy atom. The molecule has 0 heterocycles. The molecule has 5 heteroatoms. The molecule has 0 radical (unpaired) electrons. The summed E-state index contributed by atoms with van der Waals surface area (Å²) >= 11 is 0. The van der Waals surface area contributed by atoms with Gasteiger partial charge >= 0.3 is 29.6 Å². The summed E-state index contributed by atoms with van der Waals surface area (Å²) in [6.45, 7) is 4.04. The predicted molar refractivity (Wildman–Crippen MR) is 79.9 cm³/mol. The first-order valence-corrected chi connectivity index (χ1v) is 8.38. The molecule has 0 saturated carbocycles. The Bertz CT molecular complexity index is 718. The molecule has 0 atom stereocenters. The standard InChI is InChI=1S/C16H20O3S.Na/c1-3-5-12-7-8-13-9-10-14(6-4-2)16(15(13)11-12)20(17,18)19;/h7-11H,3-6H2,1-2H3,(H,17,18,19);/q;+1/p-1. The maximum atomic E-state index is 11.7. The monoisotopic (exact) mass is 314 g/mol. The van der Waals surface area contributed by atoms with Crippen LogP contribution in [0.25, 0.3) is 10.8 Å². The summed E-state index contributed by atoms with van der Waals surface area (Å²) < 4.78 is 35.0. The van der Waals surface area contributed by atoms with Crippen molar-refractivity contribution in [3.63, 3.8) is 0 Å². The van der Waals surface area contributed by atoms with Crippen molar-refractivity contribution in [2.75, 3.05) is 0 Å². The van der Waals surface area contributed by atoms with Crippen molar-refractivity contribution in [2.45, 2.75) is 44.4 Å². The van der Waals surface area contributed by atoms with Crippen molar-refractivity contribution in [3.8, 4) is 0 Å². The molecule has 0 spiro atoms. The van der Waals surface area contributed by atoms with Gasteiger partial charge < -0.3 is 4.55 Å². The van der Waals surface area contributed by atoms with E-state index in [1.54, 1.807) is 6.07 Å². The van der Waals surface area contributed by atoms with E-state index in [9.17, 15) is 13.0 Å². The molecule has 108 valence electrons. The van der Waals surface area contributed by atoms with Crippen LogP contribution >= 0.6 is 0 Å². The van der Waals surface area contributed by atoms with Gasteiger partial charge in [0.25, 0.3) is 0 Å². The van der Waals surface area contributed by atoms with Crippen LogP contribution in [-0.2, 0) is 23.0 Å². The summed E-state index contributed by atoms with van der Waals surface area (Å²) in [4.78, 5) is -0.0326. The maximum absolute atomic E-state index is 11.7. The molecule has 0 amide bonds. The van der Waals surface area contributed by atoms with Gasteiger partial charge in [-0.15, -0.1) is 0 Å². The van der Waals surface area contributed by atoms with Gasteiger partial charge in [-0.2, -0.15) is 0 Å². The molecule has 2 aromatic rings. The first-order valence-electron chi connectivity index (χ1n) is 6.97. The summed E-state index contributed by atoms with van der Waals surface area (Å²) in [7, 11) is -4.46. The zero-order valence-electron chi connectivity index (χ0n) is 12.8. The summed E-state index contributed by atoms with van der Waals surface area (Å²) in [5.41, 5.74) is 1.70. The van der Waals surface area contributed by atoms with E-state index in [0.717, 1.165) is 30.2 Å². The molecule has 0 bridgehead atoms. The zero-order chi connectivity index (χ0) is 14.8. The molecule has 0 N–H and O–H groups in total. The van der Waals surface area contributed by atoms with E-state index in [-0.39, 0.29) is 34.5 Å². The third-order valence-electron chi connectivity index (χ3n) is 3.43. The van der Waals surface area contributed by atoms with E-state index in [0.29, 0.717) is 17.4 Å². The number of hydrogen-bond acceptors (Lipinski definition) is 3. The van der Waals surface area contributed by atoms with E-state index >= 15 is 0 Å². The quantitative estimate of drug-likeness (QED) is 0.601. The third-order valence-corrected chi connectivity index (χ3v) is 4.41. The average molecular weight is 314 g/mol. The van der Waals surface area contributed by atoms with Crippen molar-refractivity contribution < 1.29 is 42.5 Å². The Labute approximate surface area is 148 Å². The van der Waals surface area contributed by atoms with Gasteiger partial charge in [0.05, 0.1) is 4.90 Å². The Balaban J connectivity index is 0.00000220. The first kappa shape index (κ1) is 18.7. The Morgan fingerprint density at radius 2 is 1.62 bits per heavy atom. The van der Waals surface area contributed by atoms with E-state index < -0.39 is 10.1 Å². The van der Waals surface area contributed by atoms with Crippen LogP contribution in [-0.4, -0.2) is 13.0 Å².